The number of hydrogen-bond donors (Lipinski definition) is 1. The molecule has 1 atom stereocenters. The Balaban J connectivity index is 2.18. The minimum absolute atomic E-state index is 0.482. The number of nitrogens with zero attached hydrogens (tertiary/aromatic N) is 2. The van der Waals surface area contributed by atoms with Crippen molar-refractivity contribution >= 4 is 11.0 Å². The van der Waals surface area contributed by atoms with E-state index >= 15 is 0 Å². The summed E-state index contributed by atoms with van der Waals surface area (Å²) in [5, 5.41) is 10.8. The first-order valence-electron chi connectivity index (χ1n) is 8.17. The van der Waals surface area contributed by atoms with E-state index in [1.807, 2.05) is 30.3 Å². The Morgan fingerprint density at radius 3 is 2.35 bits per heavy atom. The summed E-state index contributed by atoms with van der Waals surface area (Å²) in [6, 6.07) is 14.0. The monoisotopic (exact) mass is 308 g/mol. The van der Waals surface area contributed by atoms with Gasteiger partial charge in [0.2, 0.25) is 0 Å². The van der Waals surface area contributed by atoms with Crippen molar-refractivity contribution in [3.05, 3.63) is 65.0 Å². The first-order chi connectivity index (χ1) is 11.0. The molecule has 0 aliphatic carbocycles. The maximum Gasteiger partial charge on any atom is 0.143 e. The fraction of sp³-hybridized carbons (Fsp3) is 0.350. The zero-order valence-corrected chi connectivity index (χ0v) is 14.2. The highest BCUT2D eigenvalue weighted by Gasteiger charge is 2.20. The van der Waals surface area contributed by atoms with Gasteiger partial charge in [-0.1, -0.05) is 44.2 Å². The highest BCUT2D eigenvalue weighted by atomic mass is 16.3. The third-order valence-electron chi connectivity index (χ3n) is 4.30. The number of benzene rings is 2. The van der Waals surface area contributed by atoms with Crippen LogP contribution in [0.5, 0.6) is 0 Å². The van der Waals surface area contributed by atoms with Gasteiger partial charge < -0.3 is 9.67 Å². The molecule has 3 aromatic rings. The fourth-order valence-corrected chi connectivity index (χ4v) is 2.95. The molecule has 3 heteroatoms. The molecule has 3 nitrogen and oxygen atoms in total. The molecule has 2 aromatic carbocycles. The Bertz CT molecular complexity index is 819. The van der Waals surface area contributed by atoms with Crippen LogP contribution in [0.2, 0.25) is 0 Å². The molecule has 0 bridgehead atoms. The lowest BCUT2D eigenvalue weighted by molar-refractivity contribution is 0.203. The van der Waals surface area contributed by atoms with E-state index in [1.165, 1.54) is 11.1 Å². The molecular formula is C20H24N2O. The van der Waals surface area contributed by atoms with Crippen molar-refractivity contribution in [2.24, 2.45) is 5.92 Å². The van der Waals surface area contributed by atoms with Crippen molar-refractivity contribution in [3.8, 4) is 0 Å². The van der Waals surface area contributed by atoms with Gasteiger partial charge in [-0.2, -0.15) is 0 Å². The van der Waals surface area contributed by atoms with Gasteiger partial charge >= 0.3 is 0 Å². The van der Waals surface area contributed by atoms with E-state index in [-0.39, 0.29) is 0 Å². The number of rotatable bonds is 4. The van der Waals surface area contributed by atoms with Crippen LogP contribution in [0, 0.1) is 19.8 Å². The van der Waals surface area contributed by atoms with Crippen molar-refractivity contribution in [2.45, 2.75) is 40.3 Å². The zero-order chi connectivity index (χ0) is 16.6. The van der Waals surface area contributed by atoms with Gasteiger partial charge in [-0.25, -0.2) is 4.98 Å². The molecule has 0 spiro atoms. The van der Waals surface area contributed by atoms with Gasteiger partial charge in [0.25, 0.3) is 0 Å². The first kappa shape index (κ1) is 15.8. The molecule has 3 rings (SSSR count). The minimum Gasteiger partial charge on any atom is -0.380 e. The number of aryl methyl sites for hydroxylation is 2. The number of hydrogen-bond acceptors (Lipinski definition) is 2. The number of fused-ring (bicyclic) bond motifs is 1. The van der Waals surface area contributed by atoms with Crippen LogP contribution in [0.4, 0.5) is 0 Å². The van der Waals surface area contributed by atoms with Crippen LogP contribution in [-0.4, -0.2) is 14.7 Å². The van der Waals surface area contributed by atoms with Crippen molar-refractivity contribution in [1.29, 1.82) is 0 Å². The van der Waals surface area contributed by atoms with Crippen LogP contribution in [-0.2, 0) is 6.54 Å². The fourth-order valence-electron chi connectivity index (χ4n) is 2.95. The summed E-state index contributed by atoms with van der Waals surface area (Å²) in [6.45, 7) is 9.44. The van der Waals surface area contributed by atoms with Crippen LogP contribution >= 0.6 is 0 Å². The maximum atomic E-state index is 10.8. The molecule has 0 saturated carbocycles. The van der Waals surface area contributed by atoms with Gasteiger partial charge in [-0.3, -0.25) is 0 Å². The second-order valence-corrected chi connectivity index (χ2v) is 6.71. The Hall–Kier alpha value is -2.13. The van der Waals surface area contributed by atoms with Gasteiger partial charge in [0.15, 0.2) is 0 Å². The predicted octanol–water partition coefficient (Wildman–Crippen LogP) is 4.39. The Labute approximate surface area is 137 Å². The molecule has 0 fully saturated rings. The lowest BCUT2D eigenvalue weighted by atomic mass is 10.1. The second-order valence-electron chi connectivity index (χ2n) is 6.71. The predicted molar refractivity (Wildman–Crippen MR) is 94.5 cm³/mol. The summed E-state index contributed by atoms with van der Waals surface area (Å²) in [5.74, 6) is 1.21. The number of aliphatic hydroxyl groups is 1. The van der Waals surface area contributed by atoms with Gasteiger partial charge in [0.1, 0.15) is 11.9 Å². The molecule has 120 valence electrons. The summed E-state index contributed by atoms with van der Waals surface area (Å²) in [7, 11) is 0. The van der Waals surface area contributed by atoms with E-state index in [2.05, 4.69) is 44.4 Å². The van der Waals surface area contributed by atoms with Crippen molar-refractivity contribution in [1.82, 2.24) is 9.55 Å². The van der Waals surface area contributed by atoms with E-state index in [1.54, 1.807) is 0 Å². The van der Waals surface area contributed by atoms with Crippen LogP contribution in [0.15, 0.2) is 42.5 Å². The van der Waals surface area contributed by atoms with Crippen molar-refractivity contribution in [2.75, 3.05) is 0 Å². The molecule has 0 saturated heterocycles. The number of imidazole rings is 1. The molecule has 23 heavy (non-hydrogen) atoms. The third kappa shape index (κ3) is 3.02. The first-order valence-corrected chi connectivity index (χ1v) is 8.17. The largest absolute Gasteiger partial charge is 0.380 e. The lowest BCUT2D eigenvalue weighted by Crippen LogP contribution is -2.13. The van der Waals surface area contributed by atoms with Crippen LogP contribution < -0.4 is 0 Å². The molecule has 1 aromatic heterocycles. The second kappa shape index (κ2) is 6.17. The average Bonchev–Trinajstić information content (AvgIpc) is 2.85. The van der Waals surface area contributed by atoms with Gasteiger partial charge in [0, 0.05) is 6.54 Å². The molecule has 1 unspecified atom stereocenters. The van der Waals surface area contributed by atoms with Gasteiger partial charge in [-0.15, -0.1) is 0 Å². The van der Waals surface area contributed by atoms with E-state index in [9.17, 15) is 5.11 Å². The van der Waals surface area contributed by atoms with Crippen LogP contribution in [0.3, 0.4) is 0 Å². The smallest absolute Gasteiger partial charge is 0.143 e. The van der Waals surface area contributed by atoms with Gasteiger partial charge in [0.05, 0.1) is 11.0 Å². The highest BCUT2D eigenvalue weighted by molar-refractivity contribution is 5.78. The summed E-state index contributed by atoms with van der Waals surface area (Å²) in [6.07, 6.45) is -0.706. The molecular weight excluding hydrogens is 284 g/mol. The maximum absolute atomic E-state index is 10.8. The quantitative estimate of drug-likeness (QED) is 0.776. The van der Waals surface area contributed by atoms with E-state index in [0.29, 0.717) is 5.92 Å². The molecule has 0 radical (unpaired) electrons. The Morgan fingerprint density at radius 1 is 1.04 bits per heavy atom. The van der Waals surface area contributed by atoms with E-state index in [0.717, 1.165) is 29.0 Å². The standard InChI is InChI=1S/C20H24N2O/c1-13(2)12-22-18-11-15(4)14(3)10-17(18)21-20(22)19(23)16-8-6-5-7-9-16/h5-11,13,19,23H,12H2,1-4H3. The number of aliphatic hydroxyl groups excluding tert-OH is 1. The lowest BCUT2D eigenvalue weighted by Gasteiger charge is -2.16. The highest BCUT2D eigenvalue weighted by Crippen LogP contribution is 2.28. The summed E-state index contributed by atoms with van der Waals surface area (Å²) in [5.41, 5.74) is 5.42. The SMILES string of the molecule is Cc1cc2nc(C(O)c3ccccc3)n(CC(C)C)c2cc1C. The summed E-state index contributed by atoms with van der Waals surface area (Å²) < 4.78 is 2.17. The third-order valence-corrected chi connectivity index (χ3v) is 4.30. The summed E-state index contributed by atoms with van der Waals surface area (Å²) in [4.78, 5) is 4.76. The van der Waals surface area contributed by atoms with Crippen molar-refractivity contribution < 1.29 is 5.11 Å². The normalized spacial score (nSPS) is 13.0. The van der Waals surface area contributed by atoms with Crippen molar-refractivity contribution in [3.63, 3.8) is 0 Å². The molecule has 1 N–H and O–H groups in total. The summed E-state index contributed by atoms with van der Waals surface area (Å²) >= 11 is 0. The van der Waals surface area contributed by atoms with Crippen LogP contribution in [0.1, 0.15) is 42.5 Å². The zero-order valence-electron chi connectivity index (χ0n) is 14.2. The Kier molecular flexibility index (Phi) is 4.22. The molecule has 0 aliphatic rings. The Morgan fingerprint density at radius 2 is 1.70 bits per heavy atom. The molecule has 0 aliphatic heterocycles. The average molecular weight is 308 g/mol. The van der Waals surface area contributed by atoms with Crippen LogP contribution in [0.25, 0.3) is 11.0 Å². The van der Waals surface area contributed by atoms with E-state index in [4.69, 9.17) is 4.98 Å². The van der Waals surface area contributed by atoms with E-state index < -0.39 is 6.10 Å². The number of aromatic nitrogens is 2. The molecule has 0 amide bonds. The van der Waals surface area contributed by atoms with Gasteiger partial charge in [-0.05, 0) is 48.6 Å². The topological polar surface area (TPSA) is 38.1 Å². The minimum atomic E-state index is -0.706. The molecule has 1 heterocycles.